The molecule has 1 heterocycles. The highest BCUT2D eigenvalue weighted by Gasteiger charge is 2.63. The second kappa shape index (κ2) is 5.88. The van der Waals surface area contributed by atoms with Crippen molar-refractivity contribution in [3.63, 3.8) is 0 Å². The molecule has 0 radical (unpaired) electrons. The van der Waals surface area contributed by atoms with Gasteiger partial charge >= 0.3 is 0 Å². The Morgan fingerprint density at radius 3 is 2.38 bits per heavy atom. The van der Waals surface area contributed by atoms with E-state index in [9.17, 15) is 18.0 Å². The quantitative estimate of drug-likeness (QED) is 0.814. The van der Waals surface area contributed by atoms with Crippen LogP contribution in [0.2, 0.25) is 0 Å². The smallest absolute Gasteiger partial charge is 0.245 e. The van der Waals surface area contributed by atoms with Crippen molar-refractivity contribution >= 4 is 21.7 Å². The Labute approximate surface area is 142 Å². The normalized spacial score (nSPS) is 23.2. The van der Waals surface area contributed by atoms with Crippen molar-refractivity contribution in [1.29, 1.82) is 0 Å². The number of hydrogen-bond donors (Lipinski definition) is 0. The molecular formula is C17H22N2O4S. The molecule has 1 saturated heterocycles. The van der Waals surface area contributed by atoms with Gasteiger partial charge in [0.1, 0.15) is 6.04 Å². The SMILES string of the molecule is CCN1CCN(C(=O)C2(S(=O)(=O)c3ccccc3)CC2)[C@@H](C)C1=O. The molecule has 3 rings (SSSR count). The molecule has 0 aromatic heterocycles. The first-order valence-electron chi connectivity index (χ1n) is 8.24. The van der Waals surface area contributed by atoms with Gasteiger partial charge in [-0.1, -0.05) is 18.2 Å². The molecular weight excluding hydrogens is 328 g/mol. The zero-order valence-corrected chi connectivity index (χ0v) is 14.8. The molecule has 1 aromatic rings. The van der Waals surface area contributed by atoms with Crippen LogP contribution in [0.15, 0.2) is 35.2 Å². The summed E-state index contributed by atoms with van der Waals surface area (Å²) >= 11 is 0. The van der Waals surface area contributed by atoms with E-state index in [1.165, 1.54) is 17.0 Å². The zero-order valence-electron chi connectivity index (χ0n) is 13.9. The standard InChI is InChI=1S/C17H22N2O4S/c1-3-18-11-12-19(13(2)15(18)20)16(21)17(9-10-17)24(22,23)14-7-5-4-6-8-14/h4-8,13H,3,9-12H2,1-2H3/t13-/m0/s1. The largest absolute Gasteiger partial charge is 0.339 e. The number of likely N-dealkylation sites (N-methyl/N-ethyl adjacent to an activating group) is 1. The zero-order chi connectivity index (χ0) is 17.5. The molecule has 6 nitrogen and oxygen atoms in total. The summed E-state index contributed by atoms with van der Waals surface area (Å²) in [6.45, 7) is 4.99. The molecule has 1 atom stereocenters. The summed E-state index contributed by atoms with van der Waals surface area (Å²) in [5, 5.41) is 0. The molecule has 1 saturated carbocycles. The predicted molar refractivity (Wildman–Crippen MR) is 89.0 cm³/mol. The van der Waals surface area contributed by atoms with Gasteiger partial charge in [-0.3, -0.25) is 9.59 Å². The fourth-order valence-corrected chi connectivity index (χ4v) is 5.27. The van der Waals surface area contributed by atoms with Crippen LogP contribution in [-0.4, -0.2) is 60.5 Å². The second-order valence-corrected chi connectivity index (χ2v) is 8.66. The Bertz CT molecular complexity index is 756. The molecule has 1 aromatic carbocycles. The lowest BCUT2D eigenvalue weighted by Crippen LogP contribution is -2.60. The van der Waals surface area contributed by atoms with E-state index in [4.69, 9.17) is 0 Å². The minimum absolute atomic E-state index is 0.120. The third-order valence-corrected chi connectivity index (χ3v) is 7.56. The van der Waals surface area contributed by atoms with Crippen LogP contribution in [-0.2, 0) is 19.4 Å². The molecule has 7 heteroatoms. The van der Waals surface area contributed by atoms with E-state index >= 15 is 0 Å². The van der Waals surface area contributed by atoms with Crippen LogP contribution in [0.5, 0.6) is 0 Å². The third-order valence-electron chi connectivity index (χ3n) is 5.05. The highest BCUT2D eigenvalue weighted by Crippen LogP contribution is 2.48. The van der Waals surface area contributed by atoms with Crippen LogP contribution in [0.3, 0.4) is 0 Å². The van der Waals surface area contributed by atoms with Crippen LogP contribution in [0.25, 0.3) is 0 Å². The molecule has 2 fully saturated rings. The van der Waals surface area contributed by atoms with Crippen LogP contribution in [0.4, 0.5) is 0 Å². The van der Waals surface area contributed by atoms with Gasteiger partial charge in [0.05, 0.1) is 4.90 Å². The molecule has 0 bridgehead atoms. The second-order valence-electron chi connectivity index (χ2n) is 6.40. The first kappa shape index (κ1) is 17.0. The molecule has 2 aliphatic rings. The average molecular weight is 350 g/mol. The molecule has 0 spiro atoms. The van der Waals surface area contributed by atoms with Crippen molar-refractivity contribution in [1.82, 2.24) is 9.80 Å². The van der Waals surface area contributed by atoms with Crippen LogP contribution in [0, 0.1) is 0 Å². The Morgan fingerprint density at radius 1 is 1.21 bits per heavy atom. The topological polar surface area (TPSA) is 74.8 Å². The van der Waals surface area contributed by atoms with Gasteiger partial charge in [0.15, 0.2) is 14.6 Å². The maximum absolute atomic E-state index is 13.0. The van der Waals surface area contributed by atoms with Gasteiger partial charge in [-0.15, -0.1) is 0 Å². The number of carbonyl (C=O) groups excluding carboxylic acids is 2. The van der Waals surface area contributed by atoms with Crippen molar-refractivity contribution in [3.8, 4) is 0 Å². The summed E-state index contributed by atoms with van der Waals surface area (Å²) in [5.74, 6) is -0.548. The molecule has 2 amide bonds. The predicted octanol–water partition coefficient (Wildman–Crippen LogP) is 1.07. The molecule has 24 heavy (non-hydrogen) atoms. The lowest BCUT2D eigenvalue weighted by molar-refractivity contribution is -0.150. The highest BCUT2D eigenvalue weighted by molar-refractivity contribution is 7.94. The molecule has 1 aliphatic carbocycles. The molecule has 0 N–H and O–H groups in total. The summed E-state index contributed by atoms with van der Waals surface area (Å²) in [6.07, 6.45) is 0.635. The third kappa shape index (κ3) is 2.42. The maximum atomic E-state index is 13.0. The fourth-order valence-electron chi connectivity index (χ4n) is 3.32. The fraction of sp³-hybridized carbons (Fsp3) is 0.529. The van der Waals surface area contributed by atoms with Gasteiger partial charge in [-0.25, -0.2) is 8.42 Å². The first-order chi connectivity index (χ1) is 11.3. The Hall–Kier alpha value is -1.89. The van der Waals surface area contributed by atoms with Crippen LogP contribution >= 0.6 is 0 Å². The van der Waals surface area contributed by atoms with Gasteiger partial charge in [-0.2, -0.15) is 0 Å². The van der Waals surface area contributed by atoms with Gasteiger partial charge < -0.3 is 9.80 Å². The molecule has 0 unspecified atom stereocenters. The lowest BCUT2D eigenvalue weighted by atomic mass is 10.1. The lowest BCUT2D eigenvalue weighted by Gasteiger charge is -2.40. The Kier molecular flexibility index (Phi) is 4.15. The number of piperazine rings is 1. The monoisotopic (exact) mass is 350 g/mol. The first-order valence-corrected chi connectivity index (χ1v) is 9.73. The van der Waals surface area contributed by atoms with Crippen molar-refractivity contribution in [2.75, 3.05) is 19.6 Å². The van der Waals surface area contributed by atoms with Crippen LogP contribution < -0.4 is 0 Å². The van der Waals surface area contributed by atoms with Gasteiger partial charge in [0.2, 0.25) is 11.8 Å². The van der Waals surface area contributed by atoms with Gasteiger partial charge in [0, 0.05) is 19.6 Å². The number of amides is 2. The maximum Gasteiger partial charge on any atom is 0.245 e. The van der Waals surface area contributed by atoms with Gasteiger partial charge in [-0.05, 0) is 38.8 Å². The van der Waals surface area contributed by atoms with E-state index in [0.717, 1.165) is 0 Å². The average Bonchev–Trinajstić information content (AvgIpc) is 3.40. The van der Waals surface area contributed by atoms with E-state index in [2.05, 4.69) is 0 Å². The summed E-state index contributed by atoms with van der Waals surface area (Å²) in [7, 11) is -3.75. The summed E-state index contributed by atoms with van der Waals surface area (Å²) in [6, 6.07) is 7.47. The van der Waals surface area contributed by atoms with E-state index < -0.39 is 26.5 Å². The van der Waals surface area contributed by atoms with Crippen molar-refractivity contribution in [2.24, 2.45) is 0 Å². The minimum atomic E-state index is -3.75. The number of hydrogen-bond acceptors (Lipinski definition) is 4. The number of benzene rings is 1. The number of nitrogens with zero attached hydrogens (tertiary/aromatic N) is 2. The number of rotatable bonds is 4. The van der Waals surface area contributed by atoms with E-state index in [0.29, 0.717) is 32.5 Å². The van der Waals surface area contributed by atoms with E-state index in [-0.39, 0.29) is 10.8 Å². The van der Waals surface area contributed by atoms with Crippen molar-refractivity contribution in [2.45, 2.75) is 42.4 Å². The highest BCUT2D eigenvalue weighted by atomic mass is 32.2. The minimum Gasteiger partial charge on any atom is -0.339 e. The Balaban J connectivity index is 1.89. The number of carbonyl (C=O) groups is 2. The summed E-state index contributed by atoms with van der Waals surface area (Å²) in [5.41, 5.74) is 0. The van der Waals surface area contributed by atoms with E-state index in [1.807, 2.05) is 6.92 Å². The van der Waals surface area contributed by atoms with Crippen LogP contribution in [0.1, 0.15) is 26.7 Å². The summed E-state index contributed by atoms with van der Waals surface area (Å²) < 4.78 is 24.5. The van der Waals surface area contributed by atoms with Crippen molar-refractivity contribution in [3.05, 3.63) is 30.3 Å². The van der Waals surface area contributed by atoms with Crippen molar-refractivity contribution < 1.29 is 18.0 Å². The number of sulfone groups is 1. The molecule has 1 aliphatic heterocycles. The Morgan fingerprint density at radius 2 is 1.83 bits per heavy atom. The van der Waals surface area contributed by atoms with Gasteiger partial charge in [0.25, 0.3) is 0 Å². The molecule has 130 valence electrons. The summed E-state index contributed by atoms with van der Waals surface area (Å²) in [4.78, 5) is 28.7. The van der Waals surface area contributed by atoms with E-state index in [1.54, 1.807) is 30.0 Å².